The minimum atomic E-state index is -1.06. The van der Waals surface area contributed by atoms with Crippen LogP contribution in [-0.2, 0) is 0 Å². The van der Waals surface area contributed by atoms with Crippen molar-refractivity contribution in [3.05, 3.63) is 46.2 Å². The topological polar surface area (TPSA) is 84.2 Å². The molecule has 2 N–H and O–H groups in total. The van der Waals surface area contributed by atoms with Crippen LogP contribution in [0.2, 0.25) is 0 Å². The molecule has 0 fully saturated rings. The lowest BCUT2D eigenvalue weighted by molar-refractivity contribution is 0.0696. The third kappa shape index (κ3) is 2.65. The maximum atomic E-state index is 11.4. The Morgan fingerprint density at radius 2 is 2.11 bits per heavy atom. The first-order valence-corrected chi connectivity index (χ1v) is 6.13. The van der Waals surface area contributed by atoms with Gasteiger partial charge in [-0.25, -0.2) is 9.48 Å². The standard InChI is InChI=1S/C12H10BrN3O3/c1-14-11(17)9-4-5-16(15-9)10-6-7(13)2-3-8(10)12(18)19/h2-6H,1H3,(H,14,17)(H,18,19). The van der Waals surface area contributed by atoms with Crippen molar-refractivity contribution in [3.63, 3.8) is 0 Å². The van der Waals surface area contributed by atoms with Crippen LogP contribution in [-0.4, -0.2) is 33.8 Å². The van der Waals surface area contributed by atoms with Gasteiger partial charge in [0.25, 0.3) is 5.91 Å². The molecule has 1 aromatic heterocycles. The fraction of sp³-hybridized carbons (Fsp3) is 0.0833. The van der Waals surface area contributed by atoms with Gasteiger partial charge in [0.1, 0.15) is 0 Å². The Balaban J connectivity index is 2.52. The van der Waals surface area contributed by atoms with E-state index in [1.54, 1.807) is 18.3 Å². The molecule has 0 bridgehead atoms. The van der Waals surface area contributed by atoms with E-state index in [-0.39, 0.29) is 17.2 Å². The molecular weight excluding hydrogens is 314 g/mol. The predicted molar refractivity (Wildman–Crippen MR) is 71.6 cm³/mol. The third-order valence-corrected chi connectivity index (χ3v) is 2.98. The lowest BCUT2D eigenvalue weighted by Crippen LogP contribution is -2.18. The van der Waals surface area contributed by atoms with Crippen LogP contribution < -0.4 is 5.32 Å². The van der Waals surface area contributed by atoms with Crippen molar-refractivity contribution in [2.24, 2.45) is 0 Å². The summed E-state index contributed by atoms with van der Waals surface area (Å²) in [5, 5.41) is 15.7. The molecule has 2 rings (SSSR count). The third-order valence-electron chi connectivity index (χ3n) is 2.49. The molecule has 1 aromatic carbocycles. The van der Waals surface area contributed by atoms with E-state index in [2.05, 4.69) is 26.3 Å². The molecule has 2 aromatic rings. The summed E-state index contributed by atoms with van der Waals surface area (Å²) in [4.78, 5) is 22.6. The Morgan fingerprint density at radius 3 is 2.74 bits per heavy atom. The van der Waals surface area contributed by atoms with Crippen molar-refractivity contribution in [1.29, 1.82) is 0 Å². The van der Waals surface area contributed by atoms with E-state index < -0.39 is 5.97 Å². The van der Waals surface area contributed by atoms with E-state index in [4.69, 9.17) is 5.11 Å². The maximum absolute atomic E-state index is 11.4. The number of rotatable bonds is 3. The molecule has 0 aliphatic heterocycles. The van der Waals surface area contributed by atoms with Gasteiger partial charge in [-0.05, 0) is 24.3 Å². The molecule has 1 heterocycles. The molecule has 0 radical (unpaired) electrons. The molecule has 0 aliphatic rings. The lowest BCUT2D eigenvalue weighted by Gasteiger charge is -2.06. The van der Waals surface area contributed by atoms with Crippen LogP contribution in [0.15, 0.2) is 34.9 Å². The van der Waals surface area contributed by atoms with E-state index >= 15 is 0 Å². The molecule has 0 spiro atoms. The fourth-order valence-electron chi connectivity index (χ4n) is 1.58. The van der Waals surface area contributed by atoms with Crippen LogP contribution in [0.3, 0.4) is 0 Å². The molecule has 19 heavy (non-hydrogen) atoms. The van der Waals surface area contributed by atoms with E-state index in [1.165, 1.54) is 23.9 Å². The summed E-state index contributed by atoms with van der Waals surface area (Å²) >= 11 is 3.28. The number of halogens is 1. The van der Waals surface area contributed by atoms with Gasteiger partial charge in [0.2, 0.25) is 0 Å². The Labute approximate surface area is 117 Å². The molecule has 0 saturated carbocycles. The highest BCUT2D eigenvalue weighted by Gasteiger charge is 2.14. The number of carboxylic acid groups (broad SMARTS) is 1. The largest absolute Gasteiger partial charge is 0.478 e. The highest BCUT2D eigenvalue weighted by atomic mass is 79.9. The Kier molecular flexibility index (Phi) is 3.66. The first kappa shape index (κ1) is 13.3. The van der Waals surface area contributed by atoms with E-state index in [0.29, 0.717) is 5.69 Å². The number of aromatic nitrogens is 2. The van der Waals surface area contributed by atoms with Gasteiger partial charge < -0.3 is 10.4 Å². The number of nitrogens with one attached hydrogen (secondary N) is 1. The number of aromatic carboxylic acids is 1. The van der Waals surface area contributed by atoms with Crippen LogP contribution >= 0.6 is 15.9 Å². The maximum Gasteiger partial charge on any atom is 0.337 e. The summed E-state index contributed by atoms with van der Waals surface area (Å²) in [6.07, 6.45) is 1.54. The quantitative estimate of drug-likeness (QED) is 0.900. The van der Waals surface area contributed by atoms with E-state index in [9.17, 15) is 9.59 Å². The van der Waals surface area contributed by atoms with Crippen LogP contribution in [0.4, 0.5) is 0 Å². The zero-order valence-electron chi connectivity index (χ0n) is 9.92. The summed E-state index contributed by atoms with van der Waals surface area (Å²) in [5.74, 6) is -1.38. The predicted octanol–water partition coefficient (Wildman–Crippen LogP) is 1.69. The minimum absolute atomic E-state index is 0.106. The van der Waals surface area contributed by atoms with Gasteiger partial charge in [-0.1, -0.05) is 15.9 Å². The Morgan fingerprint density at radius 1 is 1.37 bits per heavy atom. The Bertz CT molecular complexity index is 651. The average Bonchev–Trinajstić information content (AvgIpc) is 2.86. The fourth-order valence-corrected chi connectivity index (χ4v) is 1.93. The van der Waals surface area contributed by atoms with Crippen molar-refractivity contribution >= 4 is 27.8 Å². The monoisotopic (exact) mass is 323 g/mol. The SMILES string of the molecule is CNC(=O)c1ccn(-c2cc(Br)ccc2C(=O)O)n1. The molecule has 1 amide bonds. The molecule has 7 heteroatoms. The normalized spacial score (nSPS) is 10.2. The molecule has 0 unspecified atom stereocenters. The molecule has 0 atom stereocenters. The number of carbonyl (C=O) groups excluding carboxylic acids is 1. The number of hydrogen-bond acceptors (Lipinski definition) is 3. The summed E-state index contributed by atoms with van der Waals surface area (Å²) in [6.45, 7) is 0. The van der Waals surface area contributed by atoms with Crippen LogP contribution in [0.1, 0.15) is 20.8 Å². The van der Waals surface area contributed by atoms with Crippen molar-refractivity contribution in [3.8, 4) is 5.69 Å². The summed E-state index contributed by atoms with van der Waals surface area (Å²) < 4.78 is 2.09. The van der Waals surface area contributed by atoms with Gasteiger partial charge in [-0.3, -0.25) is 4.79 Å². The van der Waals surface area contributed by atoms with Gasteiger partial charge in [0.05, 0.1) is 11.3 Å². The van der Waals surface area contributed by atoms with Gasteiger partial charge in [0.15, 0.2) is 5.69 Å². The molecule has 6 nitrogen and oxygen atoms in total. The van der Waals surface area contributed by atoms with Gasteiger partial charge in [0, 0.05) is 17.7 Å². The number of benzene rings is 1. The van der Waals surface area contributed by atoms with Gasteiger partial charge in [-0.2, -0.15) is 5.10 Å². The number of hydrogen-bond donors (Lipinski definition) is 2. The summed E-state index contributed by atoms with van der Waals surface area (Å²) in [7, 11) is 1.50. The van der Waals surface area contributed by atoms with E-state index in [0.717, 1.165) is 4.47 Å². The van der Waals surface area contributed by atoms with Gasteiger partial charge in [-0.15, -0.1) is 0 Å². The summed E-state index contributed by atoms with van der Waals surface area (Å²) in [6, 6.07) is 6.26. The number of carbonyl (C=O) groups is 2. The van der Waals surface area contributed by atoms with Crippen molar-refractivity contribution in [2.75, 3.05) is 7.05 Å². The highest BCUT2D eigenvalue weighted by Crippen LogP contribution is 2.20. The minimum Gasteiger partial charge on any atom is -0.478 e. The van der Waals surface area contributed by atoms with Crippen LogP contribution in [0.25, 0.3) is 5.69 Å². The van der Waals surface area contributed by atoms with E-state index in [1.807, 2.05) is 0 Å². The zero-order valence-corrected chi connectivity index (χ0v) is 11.5. The number of carboxylic acids is 1. The molecule has 0 aliphatic carbocycles. The van der Waals surface area contributed by atoms with Crippen molar-refractivity contribution in [1.82, 2.24) is 15.1 Å². The smallest absolute Gasteiger partial charge is 0.337 e. The lowest BCUT2D eigenvalue weighted by atomic mass is 10.2. The summed E-state index contributed by atoms with van der Waals surface area (Å²) in [5.41, 5.74) is 0.714. The van der Waals surface area contributed by atoms with Crippen LogP contribution in [0, 0.1) is 0 Å². The Hall–Kier alpha value is -2.15. The number of nitrogens with zero attached hydrogens (tertiary/aromatic N) is 2. The molecule has 0 saturated heterocycles. The zero-order chi connectivity index (χ0) is 14.0. The van der Waals surface area contributed by atoms with Crippen molar-refractivity contribution < 1.29 is 14.7 Å². The van der Waals surface area contributed by atoms with Gasteiger partial charge >= 0.3 is 5.97 Å². The number of amides is 1. The second-order valence-electron chi connectivity index (χ2n) is 3.69. The second kappa shape index (κ2) is 5.23. The molecule has 98 valence electrons. The second-order valence-corrected chi connectivity index (χ2v) is 4.61. The first-order valence-electron chi connectivity index (χ1n) is 5.34. The highest BCUT2D eigenvalue weighted by molar-refractivity contribution is 9.10. The van der Waals surface area contributed by atoms with Crippen LogP contribution in [0.5, 0.6) is 0 Å². The van der Waals surface area contributed by atoms with Crippen molar-refractivity contribution in [2.45, 2.75) is 0 Å². The average molecular weight is 324 g/mol. The molecular formula is C12H10BrN3O3. The first-order chi connectivity index (χ1) is 9.02.